The lowest BCUT2D eigenvalue weighted by Crippen LogP contribution is -2.26. The number of aromatic nitrogens is 2. The molecule has 1 aromatic heterocycles. The molecule has 0 amide bonds. The molecule has 0 aliphatic rings. The summed E-state index contributed by atoms with van der Waals surface area (Å²) >= 11 is 3.31. The number of Topliss-reactive ketones (excluding diaryl/α,β-unsaturated/α-hetero) is 1. The Morgan fingerprint density at radius 1 is 1.15 bits per heavy atom. The van der Waals surface area contributed by atoms with E-state index < -0.39 is 11.4 Å². The van der Waals surface area contributed by atoms with Crippen molar-refractivity contribution in [2.45, 2.75) is 6.54 Å². The zero-order valence-corrected chi connectivity index (χ0v) is 15.4. The van der Waals surface area contributed by atoms with Crippen molar-refractivity contribution >= 4 is 21.7 Å². The van der Waals surface area contributed by atoms with Gasteiger partial charge in [0.2, 0.25) is 0 Å². The zero-order chi connectivity index (χ0) is 18.7. The van der Waals surface area contributed by atoms with Gasteiger partial charge < -0.3 is 4.74 Å². The van der Waals surface area contributed by atoms with Crippen LogP contribution in [0, 0.1) is 5.82 Å². The molecule has 3 rings (SSSR count). The van der Waals surface area contributed by atoms with Gasteiger partial charge in [-0.05, 0) is 30.3 Å². The molecule has 0 atom stereocenters. The van der Waals surface area contributed by atoms with E-state index in [9.17, 15) is 14.0 Å². The summed E-state index contributed by atoms with van der Waals surface area (Å²) in [5.74, 6) is -0.387. The van der Waals surface area contributed by atoms with Crippen LogP contribution in [0.5, 0.6) is 5.75 Å². The third kappa shape index (κ3) is 3.88. The molecule has 0 aliphatic carbocycles. The first-order chi connectivity index (χ1) is 12.5. The van der Waals surface area contributed by atoms with Gasteiger partial charge >= 0.3 is 0 Å². The van der Waals surface area contributed by atoms with Gasteiger partial charge in [-0.1, -0.05) is 28.1 Å². The fourth-order valence-corrected chi connectivity index (χ4v) is 2.71. The SMILES string of the molecule is COc1cc(F)ccc1-c1ccc(=O)n(CC(=O)c2ccc(Br)cc2)n1. The maximum absolute atomic E-state index is 13.4. The van der Waals surface area contributed by atoms with Gasteiger partial charge in [0.05, 0.1) is 12.8 Å². The highest BCUT2D eigenvalue weighted by atomic mass is 79.9. The van der Waals surface area contributed by atoms with Gasteiger partial charge in [0.15, 0.2) is 5.78 Å². The lowest BCUT2D eigenvalue weighted by Gasteiger charge is -2.10. The van der Waals surface area contributed by atoms with Crippen LogP contribution >= 0.6 is 15.9 Å². The molecular weight excluding hydrogens is 403 g/mol. The number of ketones is 1. The highest BCUT2D eigenvalue weighted by molar-refractivity contribution is 9.10. The van der Waals surface area contributed by atoms with E-state index in [1.807, 2.05) is 0 Å². The molecule has 0 fully saturated rings. The van der Waals surface area contributed by atoms with Gasteiger partial charge in [-0.3, -0.25) is 9.59 Å². The Balaban J connectivity index is 1.94. The molecule has 1 heterocycles. The molecule has 5 nitrogen and oxygen atoms in total. The second-order valence-electron chi connectivity index (χ2n) is 5.49. The molecule has 0 aliphatic heterocycles. The first-order valence-electron chi connectivity index (χ1n) is 7.69. The first kappa shape index (κ1) is 18.0. The summed E-state index contributed by atoms with van der Waals surface area (Å²) < 4.78 is 20.5. The number of carbonyl (C=O) groups is 1. The minimum atomic E-state index is -0.440. The van der Waals surface area contributed by atoms with Gasteiger partial charge in [0.25, 0.3) is 5.56 Å². The van der Waals surface area contributed by atoms with Gasteiger partial charge in [-0.15, -0.1) is 0 Å². The minimum Gasteiger partial charge on any atom is -0.496 e. The topological polar surface area (TPSA) is 61.2 Å². The van der Waals surface area contributed by atoms with Crippen molar-refractivity contribution in [2.24, 2.45) is 0 Å². The summed E-state index contributed by atoms with van der Waals surface area (Å²) in [4.78, 5) is 24.5. The molecule has 0 unspecified atom stereocenters. The molecule has 0 bridgehead atoms. The summed E-state index contributed by atoms with van der Waals surface area (Å²) in [6.45, 7) is -0.197. The van der Waals surface area contributed by atoms with E-state index in [2.05, 4.69) is 21.0 Å². The van der Waals surface area contributed by atoms with Crippen LogP contribution in [-0.2, 0) is 6.54 Å². The smallest absolute Gasteiger partial charge is 0.267 e. The average molecular weight is 417 g/mol. The Morgan fingerprint density at radius 2 is 1.88 bits per heavy atom. The zero-order valence-electron chi connectivity index (χ0n) is 13.8. The highest BCUT2D eigenvalue weighted by Gasteiger charge is 2.13. The number of hydrogen-bond donors (Lipinski definition) is 0. The lowest BCUT2D eigenvalue weighted by atomic mass is 10.1. The molecule has 132 valence electrons. The first-order valence-corrected chi connectivity index (χ1v) is 8.48. The van der Waals surface area contributed by atoms with Crippen LogP contribution < -0.4 is 10.3 Å². The van der Waals surface area contributed by atoms with Crippen LogP contribution in [0.3, 0.4) is 0 Å². The summed E-state index contributed by atoms with van der Waals surface area (Å²) in [6, 6.07) is 13.7. The Hall–Kier alpha value is -2.80. The molecule has 0 saturated carbocycles. The summed E-state index contributed by atoms with van der Waals surface area (Å²) in [6.07, 6.45) is 0. The van der Waals surface area contributed by atoms with E-state index in [-0.39, 0.29) is 12.3 Å². The molecule has 3 aromatic rings. The van der Waals surface area contributed by atoms with Crippen LogP contribution in [0.25, 0.3) is 11.3 Å². The molecular formula is C19H14BrFN2O3. The van der Waals surface area contributed by atoms with Gasteiger partial charge in [-0.25, -0.2) is 9.07 Å². The van der Waals surface area contributed by atoms with Crippen molar-refractivity contribution in [1.82, 2.24) is 9.78 Å². The van der Waals surface area contributed by atoms with Gasteiger partial charge in [0, 0.05) is 27.7 Å². The Labute approximate surface area is 157 Å². The molecule has 0 N–H and O–H groups in total. The van der Waals surface area contributed by atoms with Crippen molar-refractivity contribution in [2.75, 3.05) is 7.11 Å². The summed E-state index contributed by atoms with van der Waals surface area (Å²) in [5, 5.41) is 4.24. The van der Waals surface area contributed by atoms with E-state index >= 15 is 0 Å². The predicted octanol–water partition coefficient (Wildman–Crippen LogP) is 3.70. The Morgan fingerprint density at radius 3 is 2.58 bits per heavy atom. The molecule has 0 radical (unpaired) electrons. The maximum Gasteiger partial charge on any atom is 0.267 e. The van der Waals surface area contributed by atoms with Crippen molar-refractivity contribution in [3.63, 3.8) is 0 Å². The third-order valence-electron chi connectivity index (χ3n) is 3.77. The number of nitrogens with zero attached hydrogens (tertiary/aromatic N) is 2. The normalized spacial score (nSPS) is 10.6. The van der Waals surface area contributed by atoms with E-state index in [1.54, 1.807) is 24.3 Å². The van der Waals surface area contributed by atoms with Crippen molar-refractivity contribution in [1.29, 1.82) is 0 Å². The second kappa shape index (κ2) is 7.61. The fraction of sp³-hybridized carbons (Fsp3) is 0.105. The molecule has 2 aromatic carbocycles. The van der Waals surface area contributed by atoms with Gasteiger partial charge in [0.1, 0.15) is 18.1 Å². The standard InChI is InChI=1S/C19H14BrFN2O3/c1-26-18-10-14(21)6-7-15(18)16-8-9-19(25)23(22-16)11-17(24)12-2-4-13(20)5-3-12/h2-10H,11H2,1H3. The van der Waals surface area contributed by atoms with Crippen LogP contribution in [-0.4, -0.2) is 22.7 Å². The summed E-state index contributed by atoms with van der Waals surface area (Å²) in [7, 11) is 1.42. The molecule has 0 spiro atoms. The summed E-state index contributed by atoms with van der Waals surface area (Å²) in [5.41, 5.74) is 1.01. The number of carbonyl (C=O) groups excluding carboxylic acids is 1. The number of hydrogen-bond acceptors (Lipinski definition) is 4. The van der Waals surface area contributed by atoms with Crippen molar-refractivity contribution in [3.8, 4) is 17.0 Å². The number of halogens is 2. The molecule has 26 heavy (non-hydrogen) atoms. The van der Waals surface area contributed by atoms with E-state index in [4.69, 9.17) is 4.74 Å². The number of benzene rings is 2. The Bertz CT molecular complexity index is 1020. The molecule has 0 saturated heterocycles. The quantitative estimate of drug-likeness (QED) is 0.594. The van der Waals surface area contributed by atoms with E-state index in [0.29, 0.717) is 22.6 Å². The Kier molecular flexibility index (Phi) is 5.27. The second-order valence-corrected chi connectivity index (χ2v) is 6.40. The van der Waals surface area contributed by atoms with Crippen LogP contribution in [0.2, 0.25) is 0 Å². The van der Waals surface area contributed by atoms with Crippen LogP contribution in [0.1, 0.15) is 10.4 Å². The highest BCUT2D eigenvalue weighted by Crippen LogP contribution is 2.28. The fourth-order valence-electron chi connectivity index (χ4n) is 2.45. The number of methoxy groups -OCH3 is 1. The lowest BCUT2D eigenvalue weighted by molar-refractivity contribution is 0.0966. The van der Waals surface area contributed by atoms with Crippen molar-refractivity contribution < 1.29 is 13.9 Å². The van der Waals surface area contributed by atoms with E-state index in [1.165, 1.54) is 37.4 Å². The monoisotopic (exact) mass is 416 g/mol. The van der Waals surface area contributed by atoms with Crippen LogP contribution in [0.15, 0.2) is 63.9 Å². The largest absolute Gasteiger partial charge is 0.496 e. The number of ether oxygens (including phenoxy) is 1. The molecule has 7 heteroatoms. The predicted molar refractivity (Wildman–Crippen MR) is 98.9 cm³/mol. The number of rotatable bonds is 5. The third-order valence-corrected chi connectivity index (χ3v) is 4.29. The van der Waals surface area contributed by atoms with Gasteiger partial charge in [-0.2, -0.15) is 5.10 Å². The van der Waals surface area contributed by atoms with Crippen LogP contribution in [0.4, 0.5) is 4.39 Å². The average Bonchev–Trinajstić information content (AvgIpc) is 2.64. The minimum absolute atomic E-state index is 0.197. The maximum atomic E-state index is 13.4. The van der Waals surface area contributed by atoms with Crippen molar-refractivity contribution in [3.05, 3.63) is 80.8 Å². The van der Waals surface area contributed by atoms with E-state index in [0.717, 1.165) is 9.15 Å².